The Morgan fingerprint density at radius 3 is 1.43 bits per heavy atom. The van der Waals surface area contributed by atoms with Crippen molar-refractivity contribution in [1.29, 1.82) is 0 Å². The van der Waals surface area contributed by atoms with E-state index in [4.69, 9.17) is 28.4 Å². The van der Waals surface area contributed by atoms with Crippen LogP contribution in [0.3, 0.4) is 0 Å². The van der Waals surface area contributed by atoms with E-state index in [-0.39, 0.29) is 55.7 Å². The lowest BCUT2D eigenvalue weighted by Crippen LogP contribution is -2.30. The molecule has 46 heavy (non-hydrogen) atoms. The molecule has 1 aromatic carbocycles. The lowest BCUT2D eigenvalue weighted by atomic mass is 10.1. The number of rotatable bonds is 22. The van der Waals surface area contributed by atoms with Gasteiger partial charge in [-0.3, -0.25) is 14.4 Å². The summed E-state index contributed by atoms with van der Waals surface area (Å²) in [6, 6.07) is 6.82. The highest BCUT2D eigenvalue weighted by molar-refractivity contribution is 6.19. The monoisotopic (exact) mass is 644 g/mol. The molecule has 4 unspecified atom stereocenters. The van der Waals surface area contributed by atoms with E-state index in [1.54, 1.807) is 45.0 Å². The number of hydrogen-bond donors (Lipinski definition) is 0. The lowest BCUT2D eigenvalue weighted by molar-refractivity contribution is -0.146. The molecular weight excluding hydrogens is 600 g/mol. The summed E-state index contributed by atoms with van der Waals surface area (Å²) in [6.45, 7) is 20.3. The van der Waals surface area contributed by atoms with Crippen LogP contribution in [0.2, 0.25) is 0 Å². The van der Waals surface area contributed by atoms with Crippen molar-refractivity contribution in [1.82, 2.24) is 0 Å². The molecule has 0 aliphatic carbocycles. The number of benzene rings is 1. The Morgan fingerprint density at radius 2 is 0.957 bits per heavy atom. The smallest absolute Gasteiger partial charge is 0.341 e. The van der Waals surface area contributed by atoms with Gasteiger partial charge >= 0.3 is 17.9 Å². The Hall–Kier alpha value is -4.26. The molecule has 0 bridgehead atoms. The molecule has 0 fully saturated rings. The van der Waals surface area contributed by atoms with Gasteiger partial charge in [-0.15, -0.1) is 0 Å². The number of Topliss-reactive ketones (excluding diaryl/α,β-unsaturated/α-hetero) is 3. The zero-order valence-electron chi connectivity index (χ0n) is 27.4. The fourth-order valence-electron chi connectivity index (χ4n) is 3.58. The first kappa shape index (κ1) is 39.8. The molecule has 4 atom stereocenters. The maximum atomic E-state index is 12.7. The Morgan fingerprint density at radius 1 is 0.543 bits per heavy atom. The number of esters is 3. The molecule has 0 spiro atoms. The Kier molecular flexibility index (Phi) is 17.3. The van der Waals surface area contributed by atoms with Crippen molar-refractivity contribution in [2.24, 2.45) is 5.92 Å². The minimum atomic E-state index is -0.997. The van der Waals surface area contributed by atoms with E-state index in [0.29, 0.717) is 17.7 Å². The maximum Gasteiger partial charge on any atom is 0.341 e. The second-order valence-corrected chi connectivity index (χ2v) is 10.4. The molecule has 0 aliphatic rings. The first-order valence-electron chi connectivity index (χ1n) is 14.8. The van der Waals surface area contributed by atoms with Crippen LogP contribution in [0.5, 0.6) is 0 Å². The molecule has 1 rings (SSSR count). The number of carbonyl (C=O) groups is 6. The Balaban J connectivity index is 2.47. The van der Waals surface area contributed by atoms with Crippen LogP contribution in [0.1, 0.15) is 52.7 Å². The van der Waals surface area contributed by atoms with Crippen LogP contribution in [0.15, 0.2) is 60.7 Å². The van der Waals surface area contributed by atoms with E-state index in [9.17, 15) is 28.8 Å². The van der Waals surface area contributed by atoms with Crippen molar-refractivity contribution in [3.63, 3.8) is 0 Å². The van der Waals surface area contributed by atoms with Gasteiger partial charge in [-0.2, -0.15) is 0 Å². The highest BCUT2D eigenvalue weighted by Crippen LogP contribution is 2.13. The molecule has 12 heteroatoms. The lowest BCUT2D eigenvalue weighted by Gasteiger charge is -2.17. The summed E-state index contributed by atoms with van der Waals surface area (Å²) in [5, 5.41) is 0. The van der Waals surface area contributed by atoms with Gasteiger partial charge in [-0.25, -0.2) is 14.4 Å². The van der Waals surface area contributed by atoms with Crippen LogP contribution in [-0.4, -0.2) is 80.0 Å². The highest BCUT2D eigenvalue weighted by Gasteiger charge is 2.26. The molecule has 0 radical (unpaired) electrons. The first-order valence-corrected chi connectivity index (χ1v) is 14.8. The SMILES string of the molecule is C=C(C(=O)OCc1ccc(COC(C)C(=O)C(=C)C(=O)OCC(C)COC(C)C(=O)C(=C)C(=O)OCC)cc1)C(=O)C(C)OCC. The van der Waals surface area contributed by atoms with Crippen molar-refractivity contribution in [2.75, 3.05) is 26.4 Å². The average molecular weight is 645 g/mol. The van der Waals surface area contributed by atoms with Crippen LogP contribution in [0, 0.1) is 5.92 Å². The zero-order valence-corrected chi connectivity index (χ0v) is 27.4. The third-order valence-corrected chi connectivity index (χ3v) is 6.45. The number of ketones is 3. The van der Waals surface area contributed by atoms with Crippen LogP contribution < -0.4 is 0 Å². The van der Waals surface area contributed by atoms with Crippen molar-refractivity contribution < 1.29 is 57.2 Å². The van der Waals surface area contributed by atoms with Gasteiger partial charge < -0.3 is 28.4 Å². The van der Waals surface area contributed by atoms with Gasteiger partial charge in [0.25, 0.3) is 0 Å². The summed E-state index contributed by atoms with van der Waals surface area (Å²) in [5.74, 6) is -4.71. The standard InChI is InChI=1S/C34H44O12/c1-10-41-24(7)29(35)22(5)34(40)46-19-28-14-12-27(13-15-28)18-44-26(9)31(37)23(6)33(39)45-17-20(3)16-43-25(8)30(36)21(4)32(38)42-11-2/h12-15,20,24-26H,4-6,10-11,16-19H2,1-3,7-9H3. The molecule has 0 saturated carbocycles. The Bertz CT molecular complexity index is 1290. The molecule has 0 aliphatic heterocycles. The molecule has 12 nitrogen and oxygen atoms in total. The van der Waals surface area contributed by atoms with Crippen molar-refractivity contribution >= 4 is 35.3 Å². The van der Waals surface area contributed by atoms with Crippen molar-refractivity contribution in [2.45, 2.75) is 73.1 Å². The molecule has 0 saturated heterocycles. The van der Waals surface area contributed by atoms with Crippen LogP contribution in [-0.2, 0) is 70.4 Å². The Labute approximate surface area is 269 Å². The average Bonchev–Trinajstić information content (AvgIpc) is 3.05. The zero-order chi connectivity index (χ0) is 35.0. The molecule has 0 heterocycles. The minimum absolute atomic E-state index is 0.0279. The second kappa shape index (κ2) is 20.0. The normalized spacial score (nSPS) is 13.3. The quantitative estimate of drug-likeness (QED) is 0.0595. The van der Waals surface area contributed by atoms with Gasteiger partial charge in [0.05, 0.1) is 43.1 Å². The van der Waals surface area contributed by atoms with E-state index in [2.05, 4.69) is 19.7 Å². The van der Waals surface area contributed by atoms with Gasteiger partial charge in [-0.1, -0.05) is 50.9 Å². The van der Waals surface area contributed by atoms with E-state index >= 15 is 0 Å². The molecule has 0 amide bonds. The van der Waals surface area contributed by atoms with Gasteiger partial charge in [0.15, 0.2) is 17.3 Å². The summed E-state index contributed by atoms with van der Waals surface area (Å²) in [6.07, 6.45) is -2.75. The van der Waals surface area contributed by atoms with Gasteiger partial charge in [0, 0.05) is 12.5 Å². The van der Waals surface area contributed by atoms with Crippen LogP contribution in [0.4, 0.5) is 0 Å². The first-order chi connectivity index (χ1) is 21.6. The molecule has 0 N–H and O–H groups in total. The third-order valence-electron chi connectivity index (χ3n) is 6.45. The van der Waals surface area contributed by atoms with Gasteiger partial charge in [0.1, 0.15) is 24.9 Å². The summed E-state index contributed by atoms with van der Waals surface area (Å²) in [7, 11) is 0. The third kappa shape index (κ3) is 13.0. The maximum absolute atomic E-state index is 12.7. The fraction of sp³-hybridized carbons (Fsp3) is 0.471. The van der Waals surface area contributed by atoms with E-state index in [1.807, 2.05) is 0 Å². The number of ether oxygens (including phenoxy) is 6. The van der Waals surface area contributed by atoms with Gasteiger partial charge in [0.2, 0.25) is 0 Å². The topological polar surface area (TPSA) is 158 Å². The predicted octanol–water partition coefficient (Wildman–Crippen LogP) is 3.58. The van der Waals surface area contributed by atoms with E-state index in [0.717, 1.165) is 0 Å². The van der Waals surface area contributed by atoms with E-state index < -0.39 is 53.6 Å². The van der Waals surface area contributed by atoms with Crippen LogP contribution >= 0.6 is 0 Å². The molecule has 252 valence electrons. The number of hydrogen-bond acceptors (Lipinski definition) is 12. The molecule has 1 aromatic rings. The number of carbonyl (C=O) groups excluding carboxylic acids is 6. The van der Waals surface area contributed by atoms with Crippen LogP contribution in [0.25, 0.3) is 0 Å². The molecular formula is C34H44O12. The van der Waals surface area contributed by atoms with Gasteiger partial charge in [-0.05, 0) is 45.7 Å². The van der Waals surface area contributed by atoms with Crippen molar-refractivity contribution in [3.05, 3.63) is 71.8 Å². The second-order valence-electron chi connectivity index (χ2n) is 10.4. The predicted molar refractivity (Wildman–Crippen MR) is 166 cm³/mol. The van der Waals surface area contributed by atoms with Crippen molar-refractivity contribution in [3.8, 4) is 0 Å². The summed E-state index contributed by atoms with van der Waals surface area (Å²) in [4.78, 5) is 73.3. The minimum Gasteiger partial charge on any atom is -0.462 e. The summed E-state index contributed by atoms with van der Waals surface area (Å²) in [5.41, 5.74) is 0.360. The van der Waals surface area contributed by atoms with E-state index in [1.165, 1.54) is 20.8 Å². The summed E-state index contributed by atoms with van der Waals surface area (Å²) >= 11 is 0. The fourth-order valence-corrected chi connectivity index (χ4v) is 3.58. The highest BCUT2D eigenvalue weighted by atomic mass is 16.5. The summed E-state index contributed by atoms with van der Waals surface area (Å²) < 4.78 is 31.4. The largest absolute Gasteiger partial charge is 0.462 e. The molecule has 0 aromatic heterocycles.